The summed E-state index contributed by atoms with van der Waals surface area (Å²) in [5.41, 5.74) is 0.120. The molecule has 1 N–H and O–H groups in total. The Morgan fingerprint density at radius 3 is 2.44 bits per heavy atom. The average Bonchev–Trinajstić information content (AvgIpc) is 3.11. The van der Waals surface area contributed by atoms with Gasteiger partial charge in [0.2, 0.25) is 13.3 Å². The van der Waals surface area contributed by atoms with Gasteiger partial charge in [-0.1, -0.05) is 18.8 Å². The Morgan fingerprint density at radius 1 is 1.28 bits per heavy atom. The number of thiophene rings is 1. The lowest BCUT2D eigenvalue weighted by Crippen LogP contribution is -2.40. The highest BCUT2D eigenvalue weighted by atomic mass is 32.1. The Hall–Kier alpha value is -1.61. The maximum absolute atomic E-state index is 13.6. The molecule has 1 heterocycles. The lowest BCUT2D eigenvalue weighted by atomic mass is 9.82. The number of carbonyl (C=O) groups excluding carboxylic acids is 1. The summed E-state index contributed by atoms with van der Waals surface area (Å²) in [6.45, 7) is 12.0. The third kappa shape index (κ3) is 7.76. The predicted octanol–water partition coefficient (Wildman–Crippen LogP) is 5.95. The molecular weight excluding hydrogens is 445 g/mol. The van der Waals surface area contributed by atoms with Gasteiger partial charge in [0.25, 0.3) is 0 Å². The van der Waals surface area contributed by atoms with E-state index in [2.05, 4.69) is 18.8 Å². The SMILES string of the molecule is CCOP(C)(=O)CCN(c1cc(C#CC(C)(C)C)sc1C(=O)O)C(=O)[C@H]1CC[C@H](C)CC1. The summed E-state index contributed by atoms with van der Waals surface area (Å²) >= 11 is 1.08. The molecule has 0 spiro atoms. The molecule has 0 bridgehead atoms. The van der Waals surface area contributed by atoms with Gasteiger partial charge >= 0.3 is 5.97 Å². The van der Waals surface area contributed by atoms with Gasteiger partial charge in [0, 0.05) is 30.7 Å². The molecule has 0 radical (unpaired) electrons. The lowest BCUT2D eigenvalue weighted by Gasteiger charge is -2.31. The summed E-state index contributed by atoms with van der Waals surface area (Å²) in [6, 6.07) is 1.69. The zero-order valence-electron chi connectivity index (χ0n) is 20.1. The molecule has 1 unspecified atom stereocenters. The fraction of sp³-hybridized carbons (Fsp3) is 0.667. The number of hydrogen-bond acceptors (Lipinski definition) is 5. The fourth-order valence-electron chi connectivity index (χ4n) is 3.74. The number of carbonyl (C=O) groups is 2. The Labute approximate surface area is 196 Å². The number of nitrogens with zero attached hydrogens (tertiary/aromatic N) is 1. The summed E-state index contributed by atoms with van der Waals surface area (Å²) in [6.07, 6.45) is 3.71. The van der Waals surface area contributed by atoms with Gasteiger partial charge in [0.05, 0.1) is 17.2 Å². The highest BCUT2D eigenvalue weighted by Crippen LogP contribution is 2.43. The zero-order chi connectivity index (χ0) is 24.1. The Kier molecular flexibility index (Phi) is 9.16. The number of anilines is 1. The predicted molar refractivity (Wildman–Crippen MR) is 131 cm³/mol. The maximum atomic E-state index is 13.6. The molecule has 1 aromatic rings. The van der Waals surface area contributed by atoms with Crippen molar-refractivity contribution in [2.24, 2.45) is 17.3 Å². The topological polar surface area (TPSA) is 83.9 Å². The first-order chi connectivity index (χ1) is 14.8. The van der Waals surface area contributed by atoms with Crippen LogP contribution in [-0.4, -0.2) is 43.0 Å². The highest BCUT2D eigenvalue weighted by Gasteiger charge is 2.33. The normalized spacial score (nSPS) is 20.7. The van der Waals surface area contributed by atoms with Crippen molar-refractivity contribution in [2.45, 2.75) is 60.3 Å². The minimum atomic E-state index is -2.89. The molecule has 1 aliphatic rings. The van der Waals surface area contributed by atoms with Crippen molar-refractivity contribution >= 4 is 36.3 Å². The molecule has 1 fully saturated rings. The average molecular weight is 482 g/mol. The molecule has 6 nitrogen and oxygen atoms in total. The molecule has 2 rings (SSSR count). The Bertz CT molecular complexity index is 928. The first kappa shape index (κ1) is 26.6. The maximum Gasteiger partial charge on any atom is 0.348 e. The smallest absolute Gasteiger partial charge is 0.348 e. The molecule has 32 heavy (non-hydrogen) atoms. The van der Waals surface area contributed by atoms with Crippen molar-refractivity contribution in [3.8, 4) is 11.8 Å². The van der Waals surface area contributed by atoms with E-state index < -0.39 is 13.3 Å². The van der Waals surface area contributed by atoms with Crippen LogP contribution in [0.2, 0.25) is 0 Å². The fourth-order valence-corrected chi connectivity index (χ4v) is 5.83. The number of carboxylic acid groups (broad SMARTS) is 1. The van der Waals surface area contributed by atoms with E-state index in [-0.39, 0.29) is 34.8 Å². The van der Waals surface area contributed by atoms with Crippen molar-refractivity contribution in [1.29, 1.82) is 0 Å². The van der Waals surface area contributed by atoms with Crippen molar-refractivity contribution in [2.75, 3.05) is 30.9 Å². The monoisotopic (exact) mass is 481 g/mol. The standard InChI is InChI=1S/C24H36NO5PS/c1-7-30-31(6,29)15-14-25(22(26)18-10-8-17(2)9-11-18)20-16-19(12-13-24(3,4)5)32-21(20)23(27)28/h16-18H,7-11,14-15H2,1-6H3,(H,27,28)/t17-,18-,31?. The molecule has 1 atom stereocenters. The van der Waals surface area contributed by atoms with E-state index >= 15 is 0 Å². The highest BCUT2D eigenvalue weighted by molar-refractivity contribution is 7.58. The van der Waals surface area contributed by atoms with Gasteiger partial charge in [0.15, 0.2) is 0 Å². The number of carboxylic acids is 1. The summed E-state index contributed by atoms with van der Waals surface area (Å²) in [5.74, 6) is 5.44. The second-order valence-electron chi connectivity index (χ2n) is 9.73. The van der Waals surface area contributed by atoms with Gasteiger partial charge in [-0.2, -0.15) is 0 Å². The lowest BCUT2D eigenvalue weighted by molar-refractivity contribution is -0.123. The van der Waals surface area contributed by atoms with Crippen LogP contribution >= 0.6 is 18.7 Å². The van der Waals surface area contributed by atoms with Gasteiger partial charge in [-0.25, -0.2) is 4.79 Å². The van der Waals surface area contributed by atoms with Crippen LogP contribution in [0, 0.1) is 29.1 Å². The first-order valence-corrected chi connectivity index (χ1v) is 14.3. The van der Waals surface area contributed by atoms with Crippen molar-refractivity contribution in [3.05, 3.63) is 15.8 Å². The Morgan fingerprint density at radius 2 is 1.91 bits per heavy atom. The summed E-state index contributed by atoms with van der Waals surface area (Å²) in [4.78, 5) is 27.8. The Balaban J connectivity index is 2.44. The van der Waals surface area contributed by atoms with Gasteiger partial charge < -0.3 is 14.5 Å². The van der Waals surface area contributed by atoms with Crippen molar-refractivity contribution in [3.63, 3.8) is 0 Å². The molecule has 1 amide bonds. The van der Waals surface area contributed by atoms with Crippen molar-refractivity contribution < 1.29 is 23.8 Å². The molecule has 0 aromatic carbocycles. The third-order valence-corrected chi connectivity index (χ3v) is 8.37. The van der Waals surface area contributed by atoms with Crippen LogP contribution in [0.15, 0.2) is 6.07 Å². The van der Waals surface area contributed by atoms with Gasteiger partial charge in [-0.15, -0.1) is 11.3 Å². The zero-order valence-corrected chi connectivity index (χ0v) is 21.8. The quantitative estimate of drug-likeness (QED) is 0.367. The van der Waals surface area contributed by atoms with Crippen LogP contribution in [0.4, 0.5) is 5.69 Å². The summed E-state index contributed by atoms with van der Waals surface area (Å²) in [7, 11) is -2.89. The van der Waals surface area contributed by atoms with E-state index in [4.69, 9.17) is 4.52 Å². The van der Waals surface area contributed by atoms with Crippen LogP contribution in [0.1, 0.15) is 74.9 Å². The third-order valence-electron chi connectivity index (χ3n) is 5.52. The molecular formula is C24H36NO5PS. The van der Waals surface area contributed by atoms with Crippen molar-refractivity contribution in [1.82, 2.24) is 0 Å². The van der Waals surface area contributed by atoms with Crippen LogP contribution in [0.3, 0.4) is 0 Å². The van der Waals surface area contributed by atoms with E-state index in [0.29, 0.717) is 23.1 Å². The largest absolute Gasteiger partial charge is 0.477 e. The van der Waals surface area contributed by atoms with Crippen LogP contribution in [-0.2, 0) is 13.9 Å². The number of aromatic carboxylic acids is 1. The molecule has 1 aromatic heterocycles. The van der Waals surface area contributed by atoms with Gasteiger partial charge in [-0.3, -0.25) is 9.36 Å². The molecule has 0 aliphatic heterocycles. The van der Waals surface area contributed by atoms with Gasteiger partial charge in [0.1, 0.15) is 4.88 Å². The first-order valence-electron chi connectivity index (χ1n) is 11.3. The van der Waals surface area contributed by atoms with E-state index in [1.165, 1.54) is 4.90 Å². The second kappa shape index (κ2) is 11.0. The number of hydrogen-bond donors (Lipinski definition) is 1. The van der Waals surface area contributed by atoms with E-state index in [1.807, 2.05) is 20.8 Å². The van der Waals surface area contributed by atoms with E-state index in [9.17, 15) is 19.3 Å². The van der Waals surface area contributed by atoms with Crippen LogP contribution in [0.5, 0.6) is 0 Å². The van der Waals surface area contributed by atoms with Crippen LogP contribution in [0.25, 0.3) is 0 Å². The van der Waals surface area contributed by atoms with E-state index in [0.717, 1.165) is 37.0 Å². The molecule has 178 valence electrons. The van der Waals surface area contributed by atoms with E-state index in [1.54, 1.807) is 19.7 Å². The molecule has 0 saturated heterocycles. The summed E-state index contributed by atoms with van der Waals surface area (Å²) in [5, 5.41) is 9.84. The second-order valence-corrected chi connectivity index (χ2v) is 13.5. The van der Waals surface area contributed by atoms with Crippen LogP contribution < -0.4 is 4.90 Å². The molecule has 8 heteroatoms. The number of amides is 1. The molecule has 1 aliphatic carbocycles. The number of rotatable bonds is 8. The summed E-state index contributed by atoms with van der Waals surface area (Å²) < 4.78 is 18.1. The minimum Gasteiger partial charge on any atom is -0.477 e. The minimum absolute atomic E-state index is 0.0862. The van der Waals surface area contributed by atoms with Gasteiger partial charge in [-0.05, 0) is 65.4 Å². The molecule has 1 saturated carbocycles.